The van der Waals surface area contributed by atoms with Crippen molar-refractivity contribution in [2.75, 3.05) is 5.73 Å². The molecule has 0 fully saturated rings. The second-order valence-electron chi connectivity index (χ2n) is 9.50. The van der Waals surface area contributed by atoms with Crippen LogP contribution in [-0.4, -0.2) is 22.6 Å². The fourth-order valence-corrected chi connectivity index (χ4v) is 3.78. The summed E-state index contributed by atoms with van der Waals surface area (Å²) in [6, 6.07) is 15.8. The number of nitrogen functional groups attached to an aromatic ring is 1. The highest BCUT2D eigenvalue weighted by molar-refractivity contribution is 5.75. The number of esters is 1. The van der Waals surface area contributed by atoms with Crippen molar-refractivity contribution in [3.63, 3.8) is 0 Å². The van der Waals surface area contributed by atoms with Crippen molar-refractivity contribution in [1.82, 2.24) is 0 Å². The van der Waals surface area contributed by atoms with Gasteiger partial charge in [-0.15, -0.1) is 0 Å². The second kappa shape index (κ2) is 11.7. The van der Waals surface area contributed by atoms with E-state index in [0.29, 0.717) is 25.7 Å². The van der Waals surface area contributed by atoms with E-state index in [4.69, 9.17) is 10.5 Å². The maximum atomic E-state index is 12.7. The monoisotopic (exact) mass is 439 g/mol. The van der Waals surface area contributed by atoms with Gasteiger partial charge in [-0.25, -0.2) is 0 Å². The van der Waals surface area contributed by atoms with Crippen LogP contribution in [0.5, 0.6) is 0 Å². The molecule has 174 valence electrons. The van der Waals surface area contributed by atoms with Gasteiger partial charge in [0.05, 0.1) is 11.8 Å². The summed E-state index contributed by atoms with van der Waals surface area (Å²) in [4.78, 5) is 24.6. The van der Waals surface area contributed by atoms with Crippen LogP contribution in [0.1, 0.15) is 65.4 Å². The molecule has 0 aliphatic rings. The first kappa shape index (κ1) is 25.4. The van der Waals surface area contributed by atoms with Crippen molar-refractivity contribution in [2.24, 2.45) is 11.8 Å². The van der Waals surface area contributed by atoms with E-state index in [-0.39, 0.29) is 11.9 Å². The first-order chi connectivity index (χ1) is 15.1. The molecule has 0 saturated carbocycles. The summed E-state index contributed by atoms with van der Waals surface area (Å²) < 4.78 is 5.56. The molecule has 0 amide bonds. The molecule has 0 bridgehead atoms. The molecular formula is C27H37NO4. The Morgan fingerprint density at radius 2 is 1.69 bits per heavy atom. The molecule has 0 aliphatic carbocycles. The first-order valence-electron chi connectivity index (χ1n) is 11.5. The molecular weight excluding hydrogens is 402 g/mol. The van der Waals surface area contributed by atoms with Crippen molar-refractivity contribution >= 4 is 17.6 Å². The van der Waals surface area contributed by atoms with Crippen molar-refractivity contribution in [3.05, 3.63) is 54.1 Å². The minimum absolute atomic E-state index is 0.288. The standard InChI is InChI=1S/C27H37NO4/c1-5-6-8-23(26(31)32-27(2,3)4)17-22(25(29)30)16-13-19-11-14-20(15-12-19)21-9-7-10-24(28)18-21/h7,9-12,14-15,18,22-23H,5-6,8,13,16-17,28H2,1-4H3,(H,29,30)/t22-,23+/m0/s1. The number of nitrogens with two attached hydrogens (primary N) is 1. The molecule has 0 heterocycles. The second-order valence-corrected chi connectivity index (χ2v) is 9.50. The van der Waals surface area contributed by atoms with Crippen molar-refractivity contribution in [2.45, 2.75) is 71.8 Å². The molecule has 0 radical (unpaired) electrons. The lowest BCUT2D eigenvalue weighted by molar-refractivity contribution is -0.161. The number of hydrogen-bond acceptors (Lipinski definition) is 4. The maximum absolute atomic E-state index is 12.7. The molecule has 0 saturated heterocycles. The normalized spacial score (nSPS) is 13.4. The lowest BCUT2D eigenvalue weighted by Gasteiger charge is -2.25. The highest BCUT2D eigenvalue weighted by atomic mass is 16.6. The van der Waals surface area contributed by atoms with Crippen molar-refractivity contribution in [3.8, 4) is 11.1 Å². The van der Waals surface area contributed by atoms with Crippen LogP contribution in [0.25, 0.3) is 11.1 Å². The van der Waals surface area contributed by atoms with Crippen LogP contribution >= 0.6 is 0 Å². The van der Waals surface area contributed by atoms with Gasteiger partial charge in [-0.2, -0.15) is 0 Å². The summed E-state index contributed by atoms with van der Waals surface area (Å²) in [6.07, 6.45) is 3.93. The smallest absolute Gasteiger partial charge is 0.309 e. The molecule has 0 aromatic heterocycles. The number of carbonyl (C=O) groups is 2. The van der Waals surface area contributed by atoms with E-state index in [1.54, 1.807) is 0 Å². The number of carboxylic acids is 1. The van der Waals surface area contributed by atoms with Crippen LogP contribution in [0.3, 0.4) is 0 Å². The number of carbonyl (C=O) groups excluding carboxylic acids is 1. The zero-order valence-corrected chi connectivity index (χ0v) is 19.8. The minimum atomic E-state index is -0.855. The van der Waals surface area contributed by atoms with E-state index in [9.17, 15) is 14.7 Å². The van der Waals surface area contributed by atoms with E-state index in [2.05, 4.69) is 6.92 Å². The molecule has 2 aromatic rings. The van der Waals surface area contributed by atoms with Crippen LogP contribution in [0.4, 0.5) is 5.69 Å². The lowest BCUT2D eigenvalue weighted by Crippen LogP contribution is -2.31. The third-order valence-electron chi connectivity index (χ3n) is 5.52. The number of benzene rings is 2. The Hall–Kier alpha value is -2.82. The Bertz CT molecular complexity index is 883. The van der Waals surface area contributed by atoms with Gasteiger partial charge >= 0.3 is 11.9 Å². The van der Waals surface area contributed by atoms with Gasteiger partial charge in [0.1, 0.15) is 5.60 Å². The Morgan fingerprint density at radius 1 is 1.00 bits per heavy atom. The van der Waals surface area contributed by atoms with Crippen LogP contribution < -0.4 is 5.73 Å². The van der Waals surface area contributed by atoms with Gasteiger partial charge in [-0.3, -0.25) is 9.59 Å². The Morgan fingerprint density at radius 3 is 2.25 bits per heavy atom. The topological polar surface area (TPSA) is 89.6 Å². The van der Waals surface area contributed by atoms with Crippen LogP contribution in [0.15, 0.2) is 48.5 Å². The number of carboxylic acid groups (broad SMARTS) is 1. The van der Waals surface area contributed by atoms with Gasteiger partial charge < -0.3 is 15.6 Å². The average Bonchev–Trinajstić information content (AvgIpc) is 2.72. The SMILES string of the molecule is CCCC[C@H](C[C@H](CCc1ccc(-c2cccc(N)c2)cc1)C(=O)O)C(=O)OC(C)(C)C. The van der Waals surface area contributed by atoms with E-state index in [0.717, 1.165) is 35.2 Å². The summed E-state index contributed by atoms with van der Waals surface area (Å²) in [5, 5.41) is 9.79. The molecule has 5 nitrogen and oxygen atoms in total. The van der Waals surface area contributed by atoms with E-state index >= 15 is 0 Å². The van der Waals surface area contributed by atoms with Gasteiger partial charge in [0.2, 0.25) is 0 Å². The van der Waals surface area contributed by atoms with Crippen LogP contribution in [0, 0.1) is 11.8 Å². The zero-order chi connectivity index (χ0) is 23.7. The number of rotatable bonds is 11. The van der Waals surface area contributed by atoms with Gasteiger partial charge in [0.25, 0.3) is 0 Å². The lowest BCUT2D eigenvalue weighted by atomic mass is 9.86. The number of hydrogen-bond donors (Lipinski definition) is 2. The highest BCUT2D eigenvalue weighted by Gasteiger charge is 2.30. The quantitative estimate of drug-likeness (QED) is 0.326. The largest absolute Gasteiger partial charge is 0.481 e. The molecule has 2 atom stereocenters. The number of unbranched alkanes of at least 4 members (excludes halogenated alkanes) is 1. The summed E-state index contributed by atoms with van der Waals surface area (Å²) in [5.74, 6) is -2.12. The third kappa shape index (κ3) is 8.37. The average molecular weight is 440 g/mol. The number of ether oxygens (including phenoxy) is 1. The molecule has 0 spiro atoms. The van der Waals surface area contributed by atoms with Gasteiger partial charge in [0.15, 0.2) is 0 Å². The van der Waals surface area contributed by atoms with E-state index < -0.39 is 17.5 Å². The van der Waals surface area contributed by atoms with Crippen molar-refractivity contribution < 1.29 is 19.4 Å². The third-order valence-corrected chi connectivity index (χ3v) is 5.52. The molecule has 2 rings (SSSR count). The summed E-state index contributed by atoms with van der Waals surface area (Å²) >= 11 is 0. The van der Waals surface area contributed by atoms with Crippen LogP contribution in [-0.2, 0) is 20.7 Å². The minimum Gasteiger partial charge on any atom is -0.481 e. The number of aryl methyl sites for hydroxylation is 1. The fraction of sp³-hybridized carbons (Fsp3) is 0.481. The van der Waals surface area contributed by atoms with Crippen molar-refractivity contribution in [1.29, 1.82) is 0 Å². The Balaban J connectivity index is 2.03. The molecule has 2 aromatic carbocycles. The predicted octanol–water partition coefficient (Wildman–Crippen LogP) is 6.11. The summed E-state index contributed by atoms with van der Waals surface area (Å²) in [6.45, 7) is 7.58. The summed E-state index contributed by atoms with van der Waals surface area (Å²) in [5.41, 5.74) is 9.21. The highest BCUT2D eigenvalue weighted by Crippen LogP contribution is 2.27. The van der Waals surface area contributed by atoms with Gasteiger partial charge in [-0.05, 0) is 75.3 Å². The molecule has 32 heavy (non-hydrogen) atoms. The molecule has 0 unspecified atom stereocenters. The Kier molecular flexibility index (Phi) is 9.30. The number of anilines is 1. The number of aliphatic carboxylic acids is 1. The molecule has 5 heteroatoms. The van der Waals surface area contributed by atoms with Gasteiger partial charge in [-0.1, -0.05) is 56.2 Å². The molecule has 0 aliphatic heterocycles. The summed E-state index contributed by atoms with van der Waals surface area (Å²) in [7, 11) is 0. The Labute approximate surface area is 192 Å². The van der Waals surface area contributed by atoms with E-state index in [1.165, 1.54) is 0 Å². The zero-order valence-electron chi connectivity index (χ0n) is 19.8. The van der Waals surface area contributed by atoms with Gasteiger partial charge in [0, 0.05) is 5.69 Å². The fourth-order valence-electron chi connectivity index (χ4n) is 3.78. The van der Waals surface area contributed by atoms with Crippen LogP contribution in [0.2, 0.25) is 0 Å². The maximum Gasteiger partial charge on any atom is 0.309 e. The predicted molar refractivity (Wildman–Crippen MR) is 129 cm³/mol. The van der Waals surface area contributed by atoms with E-state index in [1.807, 2.05) is 69.3 Å². The molecule has 3 N–H and O–H groups in total. The first-order valence-corrected chi connectivity index (χ1v) is 11.5.